The van der Waals surface area contributed by atoms with Gasteiger partial charge in [-0.15, -0.1) is 22.7 Å². The molecule has 0 bridgehead atoms. The Kier molecular flexibility index (Phi) is 5.90. The Morgan fingerprint density at radius 3 is 2.72 bits per heavy atom. The molecular weight excluding hydrogens is 485 g/mol. The molecule has 5 nitrogen and oxygen atoms in total. The van der Waals surface area contributed by atoms with Crippen molar-refractivity contribution in [2.75, 3.05) is 5.32 Å². The highest BCUT2D eigenvalue weighted by atomic mass is 35.5. The number of hydrogen-bond donors (Lipinski definition) is 2. The van der Waals surface area contributed by atoms with Crippen molar-refractivity contribution < 1.29 is 9.59 Å². The Bertz CT molecular complexity index is 1350. The van der Waals surface area contributed by atoms with Crippen LogP contribution in [0, 0.1) is 0 Å². The first-order valence-electron chi connectivity index (χ1n) is 10.0. The van der Waals surface area contributed by atoms with Crippen LogP contribution in [0.5, 0.6) is 0 Å². The van der Waals surface area contributed by atoms with E-state index in [-0.39, 0.29) is 11.8 Å². The molecule has 5 rings (SSSR count). The number of anilines is 1. The zero-order chi connectivity index (χ0) is 22.2. The average Bonchev–Trinajstić information content (AvgIpc) is 3.46. The third-order valence-corrected chi connectivity index (χ3v) is 8.53. The van der Waals surface area contributed by atoms with E-state index in [2.05, 4.69) is 15.6 Å². The van der Waals surface area contributed by atoms with Crippen molar-refractivity contribution in [3.8, 4) is 0 Å². The van der Waals surface area contributed by atoms with Crippen LogP contribution in [-0.4, -0.2) is 16.8 Å². The molecule has 1 aromatic carbocycles. The van der Waals surface area contributed by atoms with Gasteiger partial charge in [-0.05, 0) is 48.6 Å². The summed E-state index contributed by atoms with van der Waals surface area (Å²) >= 11 is 15.5. The fourth-order valence-electron chi connectivity index (χ4n) is 3.88. The molecule has 9 heteroatoms. The highest BCUT2D eigenvalue weighted by molar-refractivity contribution is 7.22. The topological polar surface area (TPSA) is 71.1 Å². The Hall–Kier alpha value is -2.45. The largest absolute Gasteiger partial charge is 0.348 e. The summed E-state index contributed by atoms with van der Waals surface area (Å²) < 4.78 is 0.843. The predicted molar refractivity (Wildman–Crippen MR) is 132 cm³/mol. The Labute approximate surface area is 202 Å². The van der Waals surface area contributed by atoms with E-state index in [1.54, 1.807) is 18.5 Å². The van der Waals surface area contributed by atoms with Gasteiger partial charge in [0, 0.05) is 33.9 Å². The second-order valence-electron chi connectivity index (χ2n) is 7.42. The number of carbonyl (C=O) groups is 2. The van der Waals surface area contributed by atoms with E-state index in [4.69, 9.17) is 23.2 Å². The Morgan fingerprint density at radius 1 is 1.06 bits per heavy atom. The number of halogens is 2. The van der Waals surface area contributed by atoms with Crippen molar-refractivity contribution >= 4 is 72.8 Å². The second kappa shape index (κ2) is 8.83. The first-order chi connectivity index (χ1) is 15.5. The number of thiophene rings is 2. The molecule has 32 heavy (non-hydrogen) atoms. The number of amides is 2. The number of fused-ring (bicyclic) bond motifs is 2. The standard InChI is InChI=1S/C23H17Cl2N3O2S2/c24-14-6-2-8-16-18(14)19(25)20(31-16)22(30)28-23-17(13-5-1-7-15(13)32-23)21(29)27-11-12-4-3-9-26-10-12/h2-4,6,8-10H,1,5,7,11H2,(H,27,29)(H,28,30). The molecule has 1 aliphatic rings. The zero-order valence-corrected chi connectivity index (χ0v) is 19.9. The molecule has 0 saturated heterocycles. The van der Waals surface area contributed by atoms with Gasteiger partial charge in [0.25, 0.3) is 11.8 Å². The highest BCUT2D eigenvalue weighted by Gasteiger charge is 2.28. The Balaban J connectivity index is 1.43. The van der Waals surface area contributed by atoms with Crippen LogP contribution < -0.4 is 10.6 Å². The molecule has 0 fully saturated rings. The summed E-state index contributed by atoms with van der Waals surface area (Å²) in [5, 5.41) is 7.98. The fourth-order valence-corrected chi connectivity index (χ4v) is 7.01. The lowest BCUT2D eigenvalue weighted by Gasteiger charge is -2.09. The van der Waals surface area contributed by atoms with Crippen LogP contribution in [-0.2, 0) is 19.4 Å². The SMILES string of the molecule is O=C(Nc1sc2c(c1C(=O)NCc1cccnc1)CCC2)c1sc2cccc(Cl)c2c1Cl. The number of aromatic nitrogens is 1. The van der Waals surface area contributed by atoms with Gasteiger partial charge in [-0.2, -0.15) is 0 Å². The molecule has 0 unspecified atom stereocenters. The van der Waals surface area contributed by atoms with Crippen LogP contribution >= 0.6 is 45.9 Å². The molecule has 4 aromatic rings. The van der Waals surface area contributed by atoms with E-state index in [0.717, 1.165) is 40.0 Å². The monoisotopic (exact) mass is 501 g/mol. The molecule has 0 saturated carbocycles. The summed E-state index contributed by atoms with van der Waals surface area (Å²) in [6.07, 6.45) is 6.17. The van der Waals surface area contributed by atoms with Gasteiger partial charge in [-0.25, -0.2) is 0 Å². The van der Waals surface area contributed by atoms with Crippen LogP contribution in [0.4, 0.5) is 5.00 Å². The van der Waals surface area contributed by atoms with Crippen LogP contribution in [0.1, 0.15) is 42.5 Å². The minimum Gasteiger partial charge on any atom is -0.348 e. The fraction of sp³-hybridized carbons (Fsp3) is 0.174. The number of benzene rings is 1. The summed E-state index contributed by atoms with van der Waals surface area (Å²) in [6.45, 7) is 0.366. The van der Waals surface area contributed by atoms with Gasteiger partial charge >= 0.3 is 0 Å². The number of carbonyl (C=O) groups excluding carboxylic acids is 2. The van der Waals surface area contributed by atoms with Gasteiger partial charge in [0.2, 0.25) is 0 Å². The first-order valence-corrected chi connectivity index (χ1v) is 12.4. The van der Waals surface area contributed by atoms with Gasteiger partial charge in [-0.1, -0.05) is 35.3 Å². The van der Waals surface area contributed by atoms with Crippen molar-refractivity contribution in [1.82, 2.24) is 10.3 Å². The normalized spacial score (nSPS) is 12.7. The number of rotatable bonds is 5. The molecule has 1 aliphatic carbocycles. The number of nitrogens with zero attached hydrogens (tertiary/aromatic N) is 1. The molecule has 162 valence electrons. The van der Waals surface area contributed by atoms with E-state index < -0.39 is 0 Å². The van der Waals surface area contributed by atoms with Gasteiger partial charge in [0.1, 0.15) is 9.88 Å². The van der Waals surface area contributed by atoms with Gasteiger partial charge in [0.15, 0.2) is 0 Å². The van der Waals surface area contributed by atoms with Crippen molar-refractivity contribution in [3.05, 3.63) is 79.2 Å². The number of pyridine rings is 1. The quantitative estimate of drug-likeness (QED) is 0.335. The van der Waals surface area contributed by atoms with Crippen LogP contribution in [0.15, 0.2) is 42.7 Å². The molecule has 0 radical (unpaired) electrons. The minimum absolute atomic E-state index is 0.200. The maximum absolute atomic E-state index is 13.1. The van der Waals surface area contributed by atoms with Crippen LogP contribution in [0.25, 0.3) is 10.1 Å². The molecule has 2 N–H and O–H groups in total. The molecule has 0 aliphatic heterocycles. The summed E-state index contributed by atoms with van der Waals surface area (Å²) in [5.74, 6) is -0.539. The van der Waals surface area contributed by atoms with Gasteiger partial charge in [-0.3, -0.25) is 14.6 Å². The highest BCUT2D eigenvalue weighted by Crippen LogP contribution is 2.42. The second-order valence-corrected chi connectivity index (χ2v) is 10.4. The smallest absolute Gasteiger partial charge is 0.267 e. The van der Waals surface area contributed by atoms with E-state index >= 15 is 0 Å². The van der Waals surface area contributed by atoms with Crippen molar-refractivity contribution in [1.29, 1.82) is 0 Å². The summed E-state index contributed by atoms with van der Waals surface area (Å²) in [7, 11) is 0. The van der Waals surface area contributed by atoms with E-state index in [0.29, 0.717) is 37.4 Å². The summed E-state index contributed by atoms with van der Waals surface area (Å²) in [5.41, 5.74) is 2.49. The van der Waals surface area contributed by atoms with Crippen LogP contribution in [0.3, 0.4) is 0 Å². The van der Waals surface area contributed by atoms with Gasteiger partial charge < -0.3 is 10.6 Å². The third-order valence-electron chi connectivity index (χ3n) is 5.36. The molecule has 0 spiro atoms. The Morgan fingerprint density at radius 2 is 1.94 bits per heavy atom. The van der Waals surface area contributed by atoms with Gasteiger partial charge in [0.05, 0.1) is 15.6 Å². The molecule has 0 atom stereocenters. The van der Waals surface area contributed by atoms with Crippen molar-refractivity contribution in [2.45, 2.75) is 25.8 Å². The minimum atomic E-state index is -0.339. The lowest BCUT2D eigenvalue weighted by atomic mass is 10.1. The van der Waals surface area contributed by atoms with Crippen molar-refractivity contribution in [3.63, 3.8) is 0 Å². The maximum atomic E-state index is 13.1. The van der Waals surface area contributed by atoms with Crippen molar-refractivity contribution in [2.24, 2.45) is 0 Å². The number of nitrogens with one attached hydrogen (secondary N) is 2. The van der Waals surface area contributed by atoms with E-state index in [9.17, 15) is 9.59 Å². The molecule has 3 heterocycles. The van der Waals surface area contributed by atoms with Crippen LogP contribution in [0.2, 0.25) is 10.0 Å². The number of hydrogen-bond acceptors (Lipinski definition) is 5. The van der Waals surface area contributed by atoms with E-state index in [1.165, 1.54) is 22.7 Å². The zero-order valence-electron chi connectivity index (χ0n) is 16.7. The maximum Gasteiger partial charge on any atom is 0.267 e. The molecule has 2 amide bonds. The molecule has 3 aromatic heterocycles. The number of aryl methyl sites for hydroxylation is 1. The summed E-state index contributed by atoms with van der Waals surface area (Å²) in [4.78, 5) is 31.9. The third kappa shape index (κ3) is 3.90. The molecular formula is C23H17Cl2N3O2S2. The predicted octanol–water partition coefficient (Wildman–Crippen LogP) is 6.34. The van der Waals surface area contributed by atoms with E-state index in [1.807, 2.05) is 24.3 Å². The lowest BCUT2D eigenvalue weighted by molar-refractivity contribution is 0.0951. The average molecular weight is 502 g/mol. The first kappa shape index (κ1) is 21.4. The lowest BCUT2D eigenvalue weighted by Crippen LogP contribution is -2.25. The summed E-state index contributed by atoms with van der Waals surface area (Å²) in [6, 6.07) is 9.19.